The molecule has 0 bridgehead atoms. The molecular formula is C21H21F2N3O5S. The molecule has 1 aromatic carbocycles. The number of benzene rings is 1. The highest BCUT2D eigenvalue weighted by Gasteiger charge is 2.44. The molecule has 0 saturated carbocycles. The summed E-state index contributed by atoms with van der Waals surface area (Å²) in [4.78, 5) is 39.8. The summed E-state index contributed by atoms with van der Waals surface area (Å²) in [5, 5.41) is 12.9. The Morgan fingerprint density at radius 2 is 2.12 bits per heavy atom. The van der Waals surface area contributed by atoms with E-state index in [0.717, 1.165) is 18.2 Å². The lowest BCUT2D eigenvalue weighted by Gasteiger charge is -2.34. The normalized spacial score (nSPS) is 19.6. The van der Waals surface area contributed by atoms with Crippen LogP contribution < -0.4 is 10.7 Å². The van der Waals surface area contributed by atoms with Crippen LogP contribution in [0.15, 0.2) is 29.2 Å². The molecule has 3 heterocycles. The lowest BCUT2D eigenvalue weighted by molar-refractivity contribution is 0.00567. The van der Waals surface area contributed by atoms with Crippen molar-refractivity contribution in [2.24, 2.45) is 0 Å². The Hall–Kier alpha value is -2.92. The van der Waals surface area contributed by atoms with Gasteiger partial charge in [0, 0.05) is 24.4 Å². The van der Waals surface area contributed by atoms with E-state index in [1.165, 1.54) is 16.8 Å². The number of aromatic nitrogens is 1. The first-order valence-corrected chi connectivity index (χ1v) is 11.3. The third-order valence-corrected chi connectivity index (χ3v) is 6.23. The van der Waals surface area contributed by atoms with Gasteiger partial charge < -0.3 is 24.6 Å². The number of pyridine rings is 1. The van der Waals surface area contributed by atoms with E-state index in [2.05, 4.69) is 5.32 Å². The predicted octanol–water partition coefficient (Wildman–Crippen LogP) is 1.70. The van der Waals surface area contributed by atoms with Gasteiger partial charge in [-0.1, -0.05) is 6.07 Å². The lowest BCUT2D eigenvalue weighted by Crippen LogP contribution is -2.49. The Labute approximate surface area is 186 Å². The molecule has 4 rings (SSSR count). The SMILES string of the molecule is CSCC[C@@H]1CO[C@@H]2Cn3cc(C(=O)NCc4ccc(F)cc4F)c(=O)c(O)c3C(=O)N12. The van der Waals surface area contributed by atoms with Crippen LogP contribution in [0.3, 0.4) is 0 Å². The number of carbonyl (C=O) groups excluding carboxylic acids is 2. The van der Waals surface area contributed by atoms with Gasteiger partial charge in [0.15, 0.2) is 17.7 Å². The van der Waals surface area contributed by atoms with Crippen molar-refractivity contribution in [1.82, 2.24) is 14.8 Å². The molecule has 2 amide bonds. The Bertz CT molecular complexity index is 1140. The molecule has 1 aromatic heterocycles. The van der Waals surface area contributed by atoms with Crippen LogP contribution in [-0.4, -0.2) is 57.3 Å². The van der Waals surface area contributed by atoms with Crippen molar-refractivity contribution >= 4 is 23.6 Å². The van der Waals surface area contributed by atoms with Crippen LogP contribution in [0.2, 0.25) is 0 Å². The minimum atomic E-state index is -0.999. The quantitative estimate of drug-likeness (QED) is 0.674. The first-order valence-electron chi connectivity index (χ1n) is 9.93. The van der Waals surface area contributed by atoms with Gasteiger partial charge in [-0.2, -0.15) is 11.8 Å². The highest BCUT2D eigenvalue weighted by molar-refractivity contribution is 7.98. The van der Waals surface area contributed by atoms with E-state index in [1.54, 1.807) is 16.7 Å². The highest BCUT2D eigenvalue weighted by Crippen LogP contribution is 2.31. The molecule has 2 aromatic rings. The molecule has 0 aliphatic carbocycles. The highest BCUT2D eigenvalue weighted by atomic mass is 32.2. The number of hydrogen-bond acceptors (Lipinski definition) is 6. The Balaban J connectivity index is 1.58. The van der Waals surface area contributed by atoms with Crippen LogP contribution in [0.5, 0.6) is 5.75 Å². The summed E-state index contributed by atoms with van der Waals surface area (Å²) in [5.74, 6) is -2.96. The average molecular weight is 465 g/mol. The lowest BCUT2D eigenvalue weighted by atomic mass is 10.1. The fraction of sp³-hybridized carbons (Fsp3) is 0.381. The van der Waals surface area contributed by atoms with E-state index in [4.69, 9.17) is 4.74 Å². The maximum Gasteiger partial charge on any atom is 0.276 e. The minimum Gasteiger partial charge on any atom is -0.503 e. The van der Waals surface area contributed by atoms with Crippen LogP contribution in [-0.2, 0) is 17.8 Å². The van der Waals surface area contributed by atoms with E-state index in [9.17, 15) is 28.3 Å². The molecule has 2 atom stereocenters. The number of rotatable bonds is 6. The largest absolute Gasteiger partial charge is 0.503 e. The average Bonchev–Trinajstić information content (AvgIpc) is 3.17. The van der Waals surface area contributed by atoms with Gasteiger partial charge in [0.1, 0.15) is 17.2 Å². The van der Waals surface area contributed by atoms with Gasteiger partial charge in [0.25, 0.3) is 11.8 Å². The molecule has 11 heteroatoms. The van der Waals surface area contributed by atoms with Gasteiger partial charge in [-0.05, 0) is 24.5 Å². The number of aromatic hydroxyl groups is 1. The second kappa shape index (κ2) is 8.91. The van der Waals surface area contributed by atoms with Crippen molar-refractivity contribution in [2.75, 3.05) is 18.6 Å². The van der Waals surface area contributed by atoms with Gasteiger partial charge in [-0.3, -0.25) is 14.4 Å². The van der Waals surface area contributed by atoms with Crippen molar-refractivity contribution < 1.29 is 28.2 Å². The molecule has 2 N–H and O–H groups in total. The van der Waals surface area contributed by atoms with Crippen LogP contribution in [0, 0.1) is 11.6 Å². The molecular weight excluding hydrogens is 444 g/mol. The third kappa shape index (κ3) is 3.97. The van der Waals surface area contributed by atoms with Gasteiger partial charge >= 0.3 is 0 Å². The summed E-state index contributed by atoms with van der Waals surface area (Å²) >= 11 is 1.65. The Morgan fingerprint density at radius 1 is 1.34 bits per heavy atom. The fourth-order valence-electron chi connectivity index (χ4n) is 3.94. The Kier molecular flexibility index (Phi) is 6.20. The minimum absolute atomic E-state index is 0.0310. The molecule has 0 spiro atoms. The zero-order chi connectivity index (χ0) is 23.0. The van der Waals surface area contributed by atoms with E-state index in [0.29, 0.717) is 12.7 Å². The summed E-state index contributed by atoms with van der Waals surface area (Å²) in [7, 11) is 0. The van der Waals surface area contributed by atoms with Crippen LogP contribution in [0.1, 0.15) is 32.8 Å². The maximum atomic E-state index is 13.8. The molecule has 0 unspecified atom stereocenters. The molecule has 1 fully saturated rings. The molecule has 0 radical (unpaired) electrons. The first-order chi connectivity index (χ1) is 15.3. The molecule has 2 aliphatic rings. The smallest absolute Gasteiger partial charge is 0.276 e. The third-order valence-electron chi connectivity index (χ3n) is 5.59. The summed E-state index contributed by atoms with van der Waals surface area (Å²) in [6, 6.07) is 2.76. The van der Waals surface area contributed by atoms with Crippen LogP contribution >= 0.6 is 11.8 Å². The molecule has 1 saturated heterocycles. The number of fused-ring (bicyclic) bond motifs is 2. The molecule has 2 aliphatic heterocycles. The predicted molar refractivity (Wildman–Crippen MR) is 113 cm³/mol. The number of amides is 2. The van der Waals surface area contributed by atoms with Gasteiger partial charge in [0.2, 0.25) is 5.43 Å². The second-order valence-electron chi connectivity index (χ2n) is 7.58. The maximum absolute atomic E-state index is 13.8. The van der Waals surface area contributed by atoms with Gasteiger partial charge in [-0.15, -0.1) is 0 Å². The zero-order valence-electron chi connectivity index (χ0n) is 17.1. The number of carbonyl (C=O) groups is 2. The number of hydrogen-bond donors (Lipinski definition) is 2. The fourth-order valence-corrected chi connectivity index (χ4v) is 4.45. The number of ether oxygens (including phenoxy) is 1. The summed E-state index contributed by atoms with van der Waals surface area (Å²) in [6.45, 7) is 0.215. The first kappa shape index (κ1) is 22.3. The molecule has 8 nitrogen and oxygen atoms in total. The number of nitrogens with zero attached hydrogens (tertiary/aromatic N) is 2. The standard InChI is InChI=1S/C21H21F2N3O5S/c1-32-5-4-13-10-31-16-9-25-8-14(18(27)19(28)17(25)21(30)26(13)16)20(29)24-7-11-2-3-12(22)6-15(11)23/h2-3,6,8,13,16,28H,4-5,7,9-10H2,1H3,(H,24,29)/t13-,16-/m1/s1. The number of halogens is 2. The van der Waals surface area contributed by atoms with Crippen molar-refractivity contribution in [2.45, 2.75) is 31.8 Å². The van der Waals surface area contributed by atoms with Crippen molar-refractivity contribution in [3.05, 3.63) is 63.1 Å². The molecule has 32 heavy (non-hydrogen) atoms. The second-order valence-corrected chi connectivity index (χ2v) is 8.56. The number of nitrogens with one attached hydrogen (secondary N) is 1. The van der Waals surface area contributed by atoms with Crippen LogP contribution in [0.4, 0.5) is 8.78 Å². The molecule has 170 valence electrons. The Morgan fingerprint density at radius 3 is 2.84 bits per heavy atom. The topological polar surface area (TPSA) is 101 Å². The summed E-state index contributed by atoms with van der Waals surface area (Å²) < 4.78 is 33.9. The van der Waals surface area contributed by atoms with Crippen molar-refractivity contribution in [3.8, 4) is 5.75 Å². The van der Waals surface area contributed by atoms with E-state index >= 15 is 0 Å². The van der Waals surface area contributed by atoms with E-state index < -0.39 is 46.4 Å². The number of thioether (sulfide) groups is 1. The zero-order valence-corrected chi connectivity index (χ0v) is 18.0. The summed E-state index contributed by atoms with van der Waals surface area (Å²) in [6.07, 6.45) is 3.31. The van der Waals surface area contributed by atoms with Crippen LogP contribution in [0.25, 0.3) is 0 Å². The van der Waals surface area contributed by atoms with Crippen molar-refractivity contribution in [1.29, 1.82) is 0 Å². The van der Waals surface area contributed by atoms with E-state index in [-0.39, 0.29) is 30.4 Å². The van der Waals surface area contributed by atoms with Gasteiger partial charge in [0.05, 0.1) is 19.2 Å². The monoisotopic (exact) mass is 465 g/mol. The van der Waals surface area contributed by atoms with Crippen molar-refractivity contribution in [3.63, 3.8) is 0 Å². The van der Waals surface area contributed by atoms with Gasteiger partial charge in [-0.25, -0.2) is 8.78 Å². The van der Waals surface area contributed by atoms with E-state index in [1.807, 2.05) is 6.26 Å². The summed E-state index contributed by atoms with van der Waals surface area (Å²) in [5.41, 5.74) is -1.55.